The number of allylic oxidation sites excluding steroid dienone is 1. The second-order valence-electron chi connectivity index (χ2n) is 18.3. The molecular weight excluding hydrogens is 761 g/mol. The molecular formula is C59H50BN3. The molecule has 0 radical (unpaired) electrons. The third-order valence-corrected chi connectivity index (χ3v) is 14.4. The first-order valence-electron chi connectivity index (χ1n) is 22.9. The van der Waals surface area contributed by atoms with Crippen LogP contribution in [0.2, 0.25) is 0 Å². The van der Waals surface area contributed by atoms with E-state index in [9.17, 15) is 0 Å². The van der Waals surface area contributed by atoms with Gasteiger partial charge in [0.15, 0.2) is 0 Å². The third-order valence-electron chi connectivity index (χ3n) is 14.4. The van der Waals surface area contributed by atoms with Crippen molar-refractivity contribution < 1.29 is 0 Å². The molecule has 2 aliphatic heterocycles. The maximum Gasteiger partial charge on any atom is 0.248 e. The molecule has 0 aromatic heterocycles. The first-order chi connectivity index (χ1) is 31.0. The number of benzene rings is 8. The zero-order chi connectivity index (χ0) is 42.1. The minimum absolute atomic E-state index is 0.00432. The molecule has 4 heteroatoms. The van der Waals surface area contributed by atoms with Crippen molar-refractivity contribution in [2.75, 3.05) is 14.7 Å². The lowest BCUT2D eigenvalue weighted by atomic mass is 9.30. The Labute approximate surface area is 372 Å². The first-order valence-corrected chi connectivity index (χ1v) is 22.9. The molecule has 0 N–H and O–H groups in total. The van der Waals surface area contributed by atoms with E-state index in [4.69, 9.17) is 0 Å². The maximum atomic E-state index is 2.68. The quantitative estimate of drug-likeness (QED) is 0.148. The molecule has 0 atom stereocenters. The molecule has 0 amide bonds. The van der Waals surface area contributed by atoms with E-state index in [0.29, 0.717) is 5.92 Å². The summed E-state index contributed by atoms with van der Waals surface area (Å²) in [6.45, 7) is 4.95. The fourth-order valence-corrected chi connectivity index (χ4v) is 11.5. The normalized spacial score (nSPS) is 16.0. The first kappa shape index (κ1) is 37.7. The summed E-state index contributed by atoms with van der Waals surface area (Å²) in [6, 6.07) is 74.7. The van der Waals surface area contributed by atoms with Gasteiger partial charge in [-0.15, -0.1) is 0 Å². The summed E-state index contributed by atoms with van der Waals surface area (Å²) in [5, 5.41) is 0. The van der Waals surface area contributed by atoms with Crippen molar-refractivity contribution in [3.05, 3.63) is 222 Å². The highest BCUT2D eigenvalue weighted by Crippen LogP contribution is 2.57. The van der Waals surface area contributed by atoms with Gasteiger partial charge in [-0.2, -0.15) is 0 Å². The maximum absolute atomic E-state index is 2.68. The summed E-state index contributed by atoms with van der Waals surface area (Å²) in [5.41, 5.74) is 21.5. The summed E-state index contributed by atoms with van der Waals surface area (Å²) in [5.74, 6) is 0.519. The van der Waals surface area contributed by atoms with Crippen molar-refractivity contribution in [1.29, 1.82) is 0 Å². The van der Waals surface area contributed by atoms with E-state index in [2.05, 4.69) is 229 Å². The van der Waals surface area contributed by atoms with Crippen LogP contribution in [0, 0.1) is 0 Å². The van der Waals surface area contributed by atoms with E-state index < -0.39 is 0 Å². The smallest absolute Gasteiger partial charge is 0.248 e. The Morgan fingerprint density at radius 1 is 0.492 bits per heavy atom. The number of fused-ring (bicyclic) bond motifs is 5. The summed E-state index contributed by atoms with van der Waals surface area (Å²) in [7, 11) is 0. The number of rotatable bonds is 7. The minimum atomic E-state index is -0.260. The third kappa shape index (κ3) is 6.10. The standard InChI is InChI=1S/C59H50BN3/c1-59(2)51-34-19-18-33-50(51)57-58(59)60-52-40-49(61(45-26-12-5-13-27-45)46-28-14-6-15-29-46)35-36-53(52)62(47-30-16-7-17-31-47)54-38-44(42-23-10-4-11-24-42)39-55(56(54)60)63(57)48-32-20-25-43(37-48)41-21-8-3-9-22-41/h3,5-9,12-22,25-40,42H,4,10-11,23-24H2,1-2H3. The van der Waals surface area contributed by atoms with Crippen LogP contribution in [-0.2, 0) is 5.41 Å². The topological polar surface area (TPSA) is 9.72 Å². The SMILES string of the molecule is CC1(C)C2=C(c3ccccc31)N(c1cccc(-c3ccccc3)c1)c1cc(C3CCCCC3)cc3c1B2c1cc(N(c2ccccc2)c2ccccc2)ccc1N3c1ccccc1. The van der Waals surface area contributed by atoms with Crippen LogP contribution >= 0.6 is 0 Å². The minimum Gasteiger partial charge on any atom is -0.311 e. The van der Waals surface area contributed by atoms with Gasteiger partial charge in [0.25, 0.3) is 0 Å². The van der Waals surface area contributed by atoms with Gasteiger partial charge in [-0.1, -0.05) is 160 Å². The molecule has 2 heterocycles. The molecule has 3 nitrogen and oxygen atoms in total. The molecule has 8 aromatic rings. The molecule has 8 aromatic carbocycles. The fourth-order valence-electron chi connectivity index (χ4n) is 11.5. The molecule has 0 unspecified atom stereocenters. The highest BCUT2D eigenvalue weighted by Gasteiger charge is 2.53. The zero-order valence-electron chi connectivity index (χ0n) is 36.1. The molecule has 1 saturated carbocycles. The lowest BCUT2D eigenvalue weighted by Crippen LogP contribution is -2.57. The average Bonchev–Trinajstić information content (AvgIpc) is 3.58. The fraction of sp³-hybridized carbons (Fsp3) is 0.153. The highest BCUT2D eigenvalue weighted by molar-refractivity contribution is 6.96. The van der Waals surface area contributed by atoms with E-state index in [-0.39, 0.29) is 12.1 Å². The van der Waals surface area contributed by atoms with E-state index in [0.717, 1.165) is 17.1 Å². The number of hydrogen-bond donors (Lipinski definition) is 0. The van der Waals surface area contributed by atoms with Crippen molar-refractivity contribution in [1.82, 2.24) is 0 Å². The molecule has 12 rings (SSSR count). The summed E-state index contributed by atoms with van der Waals surface area (Å²) in [4.78, 5) is 7.69. The Morgan fingerprint density at radius 2 is 1.08 bits per heavy atom. The largest absolute Gasteiger partial charge is 0.311 e. The van der Waals surface area contributed by atoms with Crippen LogP contribution < -0.4 is 25.6 Å². The second-order valence-corrected chi connectivity index (χ2v) is 18.3. The van der Waals surface area contributed by atoms with Crippen LogP contribution in [0.25, 0.3) is 16.8 Å². The molecule has 0 saturated heterocycles. The van der Waals surface area contributed by atoms with Crippen LogP contribution in [0.5, 0.6) is 0 Å². The molecule has 63 heavy (non-hydrogen) atoms. The molecule has 0 spiro atoms. The van der Waals surface area contributed by atoms with Gasteiger partial charge in [-0.25, -0.2) is 0 Å². The van der Waals surface area contributed by atoms with Gasteiger partial charge in [0.1, 0.15) is 0 Å². The predicted octanol–water partition coefficient (Wildman–Crippen LogP) is 14.7. The van der Waals surface area contributed by atoms with Crippen LogP contribution in [0.15, 0.2) is 206 Å². The van der Waals surface area contributed by atoms with Crippen molar-refractivity contribution in [2.45, 2.75) is 57.3 Å². The van der Waals surface area contributed by atoms with Crippen LogP contribution in [0.4, 0.5) is 45.5 Å². The Kier molecular flexibility index (Phi) is 9.04. The van der Waals surface area contributed by atoms with Crippen LogP contribution in [0.1, 0.15) is 68.6 Å². The Hall–Kier alpha value is -7.04. The Balaban J connectivity index is 1.19. The number of nitrogens with zero attached hydrogens (tertiary/aromatic N) is 3. The molecule has 304 valence electrons. The monoisotopic (exact) mass is 811 g/mol. The zero-order valence-corrected chi connectivity index (χ0v) is 36.1. The number of para-hydroxylation sites is 3. The van der Waals surface area contributed by atoms with Gasteiger partial charge in [-0.05, 0) is 131 Å². The van der Waals surface area contributed by atoms with E-state index in [1.54, 1.807) is 0 Å². The predicted molar refractivity (Wildman–Crippen MR) is 267 cm³/mol. The van der Waals surface area contributed by atoms with Gasteiger partial charge in [-0.3, -0.25) is 0 Å². The van der Waals surface area contributed by atoms with E-state index >= 15 is 0 Å². The molecule has 0 bridgehead atoms. The number of anilines is 8. The van der Waals surface area contributed by atoms with Gasteiger partial charge >= 0.3 is 0 Å². The number of hydrogen-bond acceptors (Lipinski definition) is 3. The van der Waals surface area contributed by atoms with Gasteiger partial charge in [0.2, 0.25) is 6.71 Å². The summed E-state index contributed by atoms with van der Waals surface area (Å²) in [6.07, 6.45) is 6.36. The van der Waals surface area contributed by atoms with Crippen molar-refractivity contribution >= 4 is 68.8 Å². The van der Waals surface area contributed by atoms with Crippen LogP contribution in [0.3, 0.4) is 0 Å². The highest BCUT2D eigenvalue weighted by atomic mass is 15.2. The van der Waals surface area contributed by atoms with Gasteiger partial charge in [0, 0.05) is 62.2 Å². The average molecular weight is 812 g/mol. The summed E-state index contributed by atoms with van der Waals surface area (Å²) < 4.78 is 0. The van der Waals surface area contributed by atoms with Gasteiger partial charge in [0.05, 0.1) is 0 Å². The summed E-state index contributed by atoms with van der Waals surface area (Å²) >= 11 is 0. The van der Waals surface area contributed by atoms with Crippen molar-refractivity contribution in [3.8, 4) is 11.1 Å². The van der Waals surface area contributed by atoms with Crippen LogP contribution in [-0.4, -0.2) is 6.71 Å². The van der Waals surface area contributed by atoms with E-state index in [1.807, 2.05) is 0 Å². The second kappa shape index (κ2) is 15.1. The molecule has 4 aliphatic rings. The van der Waals surface area contributed by atoms with Crippen molar-refractivity contribution in [2.24, 2.45) is 0 Å². The Morgan fingerprint density at radius 3 is 1.78 bits per heavy atom. The lowest BCUT2D eigenvalue weighted by Gasteiger charge is -2.47. The molecule has 2 aliphatic carbocycles. The lowest BCUT2D eigenvalue weighted by molar-refractivity contribution is 0.444. The Bertz CT molecular complexity index is 2990. The van der Waals surface area contributed by atoms with Crippen molar-refractivity contribution in [3.63, 3.8) is 0 Å². The molecule has 1 fully saturated rings. The van der Waals surface area contributed by atoms with Gasteiger partial charge < -0.3 is 14.7 Å². The van der Waals surface area contributed by atoms with E-state index in [1.165, 1.54) is 110 Å².